The molecule has 0 aromatic carbocycles. The third kappa shape index (κ3) is 2.65. The second-order valence-electron chi connectivity index (χ2n) is 3.56. The van der Waals surface area contributed by atoms with E-state index in [4.69, 9.17) is 0 Å². The van der Waals surface area contributed by atoms with Crippen molar-refractivity contribution >= 4 is 5.91 Å². The van der Waals surface area contributed by atoms with Gasteiger partial charge in [0.25, 0.3) is 0 Å². The summed E-state index contributed by atoms with van der Waals surface area (Å²) in [6, 6.07) is 0. The van der Waals surface area contributed by atoms with Crippen molar-refractivity contribution in [3.63, 3.8) is 0 Å². The number of nitrogens with one attached hydrogen (secondary N) is 1. The van der Waals surface area contributed by atoms with Gasteiger partial charge in [0, 0.05) is 18.4 Å². The predicted molar refractivity (Wildman–Crippen MR) is 49.5 cm³/mol. The molecule has 0 saturated heterocycles. The van der Waals surface area contributed by atoms with Gasteiger partial charge < -0.3 is 5.32 Å². The maximum atomic E-state index is 13.1. The maximum Gasteiger partial charge on any atom is 0.226 e. The summed E-state index contributed by atoms with van der Waals surface area (Å²) in [5, 5.41) is 2.44. The van der Waals surface area contributed by atoms with E-state index >= 15 is 0 Å². The number of amides is 1. The van der Waals surface area contributed by atoms with Crippen LogP contribution in [0.5, 0.6) is 0 Å². The molecule has 14 heavy (non-hydrogen) atoms. The van der Waals surface area contributed by atoms with Gasteiger partial charge in [0.15, 0.2) is 0 Å². The minimum Gasteiger partial charge on any atom is -0.327 e. The first-order chi connectivity index (χ1) is 6.50. The topological polar surface area (TPSA) is 29.1 Å². The van der Waals surface area contributed by atoms with E-state index in [9.17, 15) is 13.6 Å². The lowest BCUT2D eigenvalue weighted by molar-refractivity contribution is -0.123. The summed E-state index contributed by atoms with van der Waals surface area (Å²) in [5.74, 6) is -1.61. The average molecular weight is 201 g/mol. The summed E-state index contributed by atoms with van der Waals surface area (Å²) in [5.41, 5.74) is 0.185. The number of hydrogen-bond acceptors (Lipinski definition) is 1. The molecule has 78 valence electrons. The molecule has 1 amide bonds. The van der Waals surface area contributed by atoms with Crippen LogP contribution in [0.1, 0.15) is 26.7 Å². The number of carbonyl (C=O) groups excluding carboxylic acids is 1. The first-order valence-electron chi connectivity index (χ1n) is 4.56. The minimum absolute atomic E-state index is 0.154. The normalized spacial score (nSPS) is 17.1. The molecule has 0 saturated carbocycles. The van der Waals surface area contributed by atoms with Crippen LogP contribution in [0.2, 0.25) is 0 Å². The Balaban J connectivity index is 2.70. The molecule has 1 rings (SSSR count). The molecule has 0 bridgehead atoms. The van der Waals surface area contributed by atoms with Crippen LogP contribution in [0.4, 0.5) is 8.78 Å². The van der Waals surface area contributed by atoms with E-state index in [1.165, 1.54) is 0 Å². The fraction of sp³-hybridized carbons (Fsp3) is 0.500. The van der Waals surface area contributed by atoms with Crippen LogP contribution in [0.3, 0.4) is 0 Å². The van der Waals surface area contributed by atoms with Gasteiger partial charge in [0.1, 0.15) is 11.7 Å². The van der Waals surface area contributed by atoms with Crippen molar-refractivity contribution in [1.29, 1.82) is 0 Å². The van der Waals surface area contributed by atoms with E-state index < -0.39 is 11.7 Å². The third-order valence-corrected chi connectivity index (χ3v) is 1.98. The Morgan fingerprint density at radius 1 is 1.43 bits per heavy atom. The largest absolute Gasteiger partial charge is 0.327 e. The Morgan fingerprint density at radius 3 is 2.57 bits per heavy atom. The molecule has 0 heterocycles. The first kappa shape index (κ1) is 10.9. The molecular formula is C10H13F2NO. The van der Waals surface area contributed by atoms with Gasteiger partial charge in [0.2, 0.25) is 5.91 Å². The summed E-state index contributed by atoms with van der Waals surface area (Å²) in [6.45, 7) is 3.43. The smallest absolute Gasteiger partial charge is 0.226 e. The lowest BCUT2D eigenvalue weighted by Crippen LogP contribution is -2.28. The van der Waals surface area contributed by atoms with E-state index in [0.717, 1.165) is 6.08 Å². The Kier molecular flexibility index (Phi) is 3.38. The number of allylic oxidation sites excluding steroid dienone is 4. The van der Waals surface area contributed by atoms with E-state index in [0.29, 0.717) is 0 Å². The molecule has 2 nitrogen and oxygen atoms in total. The zero-order chi connectivity index (χ0) is 10.7. The van der Waals surface area contributed by atoms with Crippen molar-refractivity contribution < 1.29 is 13.6 Å². The molecule has 0 spiro atoms. The monoisotopic (exact) mass is 201 g/mol. The SMILES string of the molecule is CC(C)C(=O)NC1=C(F)C=C(F)CC1. The summed E-state index contributed by atoms with van der Waals surface area (Å²) >= 11 is 0. The number of rotatable bonds is 2. The van der Waals surface area contributed by atoms with E-state index in [-0.39, 0.29) is 30.4 Å². The van der Waals surface area contributed by atoms with Crippen molar-refractivity contribution in [3.8, 4) is 0 Å². The van der Waals surface area contributed by atoms with Gasteiger partial charge >= 0.3 is 0 Å². The molecule has 0 aromatic heterocycles. The van der Waals surface area contributed by atoms with E-state index in [1.54, 1.807) is 13.8 Å². The summed E-state index contributed by atoms with van der Waals surface area (Å²) in [7, 11) is 0. The molecule has 0 aromatic rings. The van der Waals surface area contributed by atoms with Gasteiger partial charge in [-0.2, -0.15) is 0 Å². The quantitative estimate of drug-likeness (QED) is 0.731. The van der Waals surface area contributed by atoms with Gasteiger partial charge in [-0.05, 0) is 6.42 Å². The highest BCUT2D eigenvalue weighted by molar-refractivity contribution is 5.79. The highest BCUT2D eigenvalue weighted by Gasteiger charge is 2.16. The second-order valence-corrected chi connectivity index (χ2v) is 3.56. The van der Waals surface area contributed by atoms with Crippen molar-refractivity contribution in [1.82, 2.24) is 5.32 Å². The van der Waals surface area contributed by atoms with Gasteiger partial charge in [-0.1, -0.05) is 13.8 Å². The van der Waals surface area contributed by atoms with Gasteiger partial charge in [-0.25, -0.2) is 8.78 Å². The van der Waals surface area contributed by atoms with Crippen molar-refractivity contribution in [2.45, 2.75) is 26.7 Å². The molecule has 1 aliphatic carbocycles. The molecule has 0 atom stereocenters. The zero-order valence-corrected chi connectivity index (χ0v) is 8.23. The van der Waals surface area contributed by atoms with E-state index in [2.05, 4.69) is 5.32 Å². The Bertz CT molecular complexity index is 305. The lowest BCUT2D eigenvalue weighted by Gasteiger charge is -2.14. The highest BCUT2D eigenvalue weighted by atomic mass is 19.1. The van der Waals surface area contributed by atoms with Crippen molar-refractivity contribution in [3.05, 3.63) is 23.4 Å². The van der Waals surface area contributed by atoms with Crippen molar-refractivity contribution in [2.24, 2.45) is 5.92 Å². The fourth-order valence-corrected chi connectivity index (χ4v) is 1.08. The maximum absolute atomic E-state index is 13.1. The van der Waals surface area contributed by atoms with Gasteiger partial charge in [-0.15, -0.1) is 0 Å². The summed E-state index contributed by atoms with van der Waals surface area (Å²) in [4.78, 5) is 11.2. The van der Waals surface area contributed by atoms with E-state index in [1.807, 2.05) is 0 Å². The predicted octanol–water partition coefficient (Wildman–Crippen LogP) is 2.59. The van der Waals surface area contributed by atoms with Crippen molar-refractivity contribution in [2.75, 3.05) is 0 Å². The van der Waals surface area contributed by atoms with Crippen LogP contribution in [0, 0.1) is 5.92 Å². The molecule has 4 heteroatoms. The second kappa shape index (κ2) is 4.35. The summed E-state index contributed by atoms with van der Waals surface area (Å²) < 4.78 is 25.6. The molecule has 0 radical (unpaired) electrons. The van der Waals surface area contributed by atoms with Crippen LogP contribution in [-0.4, -0.2) is 5.91 Å². The Hall–Kier alpha value is -1.19. The molecule has 0 fully saturated rings. The Labute approximate surface area is 81.7 Å². The average Bonchev–Trinajstić information content (AvgIpc) is 2.09. The lowest BCUT2D eigenvalue weighted by atomic mass is 10.1. The van der Waals surface area contributed by atoms with Gasteiger partial charge in [-0.3, -0.25) is 4.79 Å². The first-order valence-corrected chi connectivity index (χ1v) is 4.56. The van der Waals surface area contributed by atoms with Crippen LogP contribution >= 0.6 is 0 Å². The minimum atomic E-state index is -0.678. The van der Waals surface area contributed by atoms with Crippen LogP contribution in [0.15, 0.2) is 23.4 Å². The molecule has 0 unspecified atom stereocenters. The Morgan fingerprint density at radius 2 is 2.07 bits per heavy atom. The van der Waals surface area contributed by atoms with Gasteiger partial charge in [0.05, 0.1) is 5.70 Å². The standard InChI is InChI=1S/C10H13F2NO/c1-6(2)10(14)13-9-4-3-7(11)5-8(9)12/h5-6H,3-4H2,1-2H3,(H,13,14). The highest BCUT2D eigenvalue weighted by Crippen LogP contribution is 2.23. The summed E-state index contributed by atoms with van der Waals surface area (Å²) in [6.07, 6.45) is 1.19. The number of halogens is 2. The molecule has 1 N–H and O–H groups in total. The van der Waals surface area contributed by atoms with Crippen LogP contribution in [-0.2, 0) is 4.79 Å². The van der Waals surface area contributed by atoms with Crippen LogP contribution < -0.4 is 5.32 Å². The molecular weight excluding hydrogens is 188 g/mol. The fourth-order valence-electron chi connectivity index (χ4n) is 1.08. The third-order valence-electron chi connectivity index (χ3n) is 1.98. The number of hydrogen-bond donors (Lipinski definition) is 1. The van der Waals surface area contributed by atoms with Crippen LogP contribution in [0.25, 0.3) is 0 Å². The zero-order valence-electron chi connectivity index (χ0n) is 8.23. The molecule has 0 aliphatic heterocycles. The number of carbonyl (C=O) groups is 1. The molecule has 1 aliphatic rings.